The van der Waals surface area contributed by atoms with Gasteiger partial charge in [0.15, 0.2) is 0 Å². The van der Waals surface area contributed by atoms with E-state index in [1.807, 2.05) is 13.8 Å². The van der Waals surface area contributed by atoms with Gasteiger partial charge in [0, 0.05) is 11.3 Å². The zero-order valence-electron chi connectivity index (χ0n) is 11.0. The van der Waals surface area contributed by atoms with Crippen molar-refractivity contribution in [2.45, 2.75) is 20.0 Å². The van der Waals surface area contributed by atoms with Crippen LogP contribution >= 0.6 is 11.6 Å². The van der Waals surface area contributed by atoms with E-state index >= 15 is 0 Å². The molecule has 0 bridgehead atoms. The van der Waals surface area contributed by atoms with Gasteiger partial charge in [0.25, 0.3) is 0 Å². The molecule has 0 aliphatic carbocycles. The van der Waals surface area contributed by atoms with Crippen molar-refractivity contribution in [3.05, 3.63) is 28.8 Å². The van der Waals surface area contributed by atoms with Crippen LogP contribution in [0.3, 0.4) is 0 Å². The van der Waals surface area contributed by atoms with Crippen LogP contribution in [-0.2, 0) is 9.53 Å². The van der Waals surface area contributed by atoms with Crippen LogP contribution in [0, 0.1) is 11.8 Å². The highest BCUT2D eigenvalue weighted by molar-refractivity contribution is 6.31. The normalized spacial score (nSPS) is 9.95. The van der Waals surface area contributed by atoms with Crippen LogP contribution < -0.4 is 11.1 Å². The minimum atomic E-state index is -0.214. The van der Waals surface area contributed by atoms with Gasteiger partial charge in [0.05, 0.1) is 17.7 Å². The third kappa shape index (κ3) is 5.75. The molecule has 0 aliphatic heterocycles. The van der Waals surface area contributed by atoms with E-state index in [-0.39, 0.29) is 25.2 Å². The van der Waals surface area contributed by atoms with Crippen LogP contribution in [0.5, 0.6) is 0 Å². The van der Waals surface area contributed by atoms with Crippen molar-refractivity contribution in [2.75, 3.05) is 18.5 Å². The molecule has 4 nitrogen and oxygen atoms in total. The monoisotopic (exact) mass is 280 g/mol. The molecular formula is C14H17ClN2O2. The van der Waals surface area contributed by atoms with E-state index in [1.54, 1.807) is 18.2 Å². The topological polar surface area (TPSA) is 64.3 Å². The van der Waals surface area contributed by atoms with Gasteiger partial charge in [-0.05, 0) is 32.0 Å². The predicted molar refractivity (Wildman–Crippen MR) is 77.1 cm³/mol. The second-order valence-corrected chi connectivity index (χ2v) is 4.52. The highest BCUT2D eigenvalue weighted by Crippen LogP contribution is 2.19. The van der Waals surface area contributed by atoms with E-state index < -0.39 is 0 Å². The lowest BCUT2D eigenvalue weighted by atomic mass is 10.2. The minimum absolute atomic E-state index is 0.0157. The van der Waals surface area contributed by atoms with Gasteiger partial charge in [0.1, 0.15) is 6.61 Å². The van der Waals surface area contributed by atoms with Crippen LogP contribution in [0.4, 0.5) is 5.69 Å². The van der Waals surface area contributed by atoms with Crippen molar-refractivity contribution in [3.63, 3.8) is 0 Å². The number of hydrogen-bond acceptors (Lipinski definition) is 3. The van der Waals surface area contributed by atoms with Crippen LogP contribution in [0.25, 0.3) is 0 Å². The van der Waals surface area contributed by atoms with E-state index in [0.29, 0.717) is 16.3 Å². The van der Waals surface area contributed by atoms with Crippen molar-refractivity contribution in [2.24, 2.45) is 5.73 Å². The zero-order valence-corrected chi connectivity index (χ0v) is 11.8. The maximum Gasteiger partial charge on any atom is 0.250 e. The average molecular weight is 281 g/mol. The van der Waals surface area contributed by atoms with Crippen LogP contribution in [0.15, 0.2) is 18.2 Å². The second kappa shape index (κ2) is 7.80. The molecule has 5 heteroatoms. The minimum Gasteiger partial charge on any atom is -0.369 e. The molecule has 0 unspecified atom stereocenters. The molecule has 0 saturated carbocycles. The summed E-state index contributed by atoms with van der Waals surface area (Å²) in [4.78, 5) is 11.6. The molecule has 1 rings (SSSR count). The van der Waals surface area contributed by atoms with Gasteiger partial charge >= 0.3 is 0 Å². The molecule has 0 spiro atoms. The molecule has 3 N–H and O–H groups in total. The molecule has 0 fully saturated rings. The number of rotatable bonds is 4. The maximum absolute atomic E-state index is 11.6. The summed E-state index contributed by atoms with van der Waals surface area (Å²) in [5, 5.41) is 3.25. The van der Waals surface area contributed by atoms with Crippen molar-refractivity contribution < 1.29 is 9.53 Å². The standard InChI is InChI=1S/C14H17ClN2O2/c1-10(2)19-9-14(18)17-12-5-6-13(15)11(8-12)4-3-7-16/h5-6,8,10H,7,9,16H2,1-2H3,(H,17,18). The maximum atomic E-state index is 11.6. The van der Waals surface area contributed by atoms with Crippen molar-refractivity contribution in [3.8, 4) is 11.8 Å². The molecule has 0 radical (unpaired) electrons. The van der Waals surface area contributed by atoms with E-state index in [9.17, 15) is 4.79 Å². The first-order valence-corrected chi connectivity index (χ1v) is 6.30. The van der Waals surface area contributed by atoms with Gasteiger partial charge in [0.2, 0.25) is 5.91 Å². The molecular weight excluding hydrogens is 264 g/mol. The number of amides is 1. The Hall–Kier alpha value is -1.54. The van der Waals surface area contributed by atoms with Crippen LogP contribution in [0.1, 0.15) is 19.4 Å². The average Bonchev–Trinajstić information content (AvgIpc) is 2.37. The van der Waals surface area contributed by atoms with Gasteiger partial charge in [-0.3, -0.25) is 4.79 Å². The number of ether oxygens (including phenoxy) is 1. The molecule has 0 aromatic heterocycles. The molecule has 1 amide bonds. The number of nitrogens with two attached hydrogens (primary N) is 1. The van der Waals surface area contributed by atoms with Crippen LogP contribution in [0.2, 0.25) is 5.02 Å². The number of carbonyl (C=O) groups is 1. The number of anilines is 1. The van der Waals surface area contributed by atoms with Crippen molar-refractivity contribution >= 4 is 23.2 Å². The van der Waals surface area contributed by atoms with E-state index in [0.717, 1.165) is 0 Å². The van der Waals surface area contributed by atoms with Gasteiger partial charge < -0.3 is 15.8 Å². The number of benzene rings is 1. The summed E-state index contributed by atoms with van der Waals surface area (Å²) in [5.74, 6) is 5.35. The molecule has 0 saturated heterocycles. The molecule has 1 aromatic rings. The fraction of sp³-hybridized carbons (Fsp3) is 0.357. The highest BCUT2D eigenvalue weighted by Gasteiger charge is 2.05. The predicted octanol–water partition coefficient (Wildman–Crippen LogP) is 2.01. The summed E-state index contributed by atoms with van der Waals surface area (Å²) in [6.45, 7) is 4.02. The summed E-state index contributed by atoms with van der Waals surface area (Å²) in [6.07, 6.45) is 0.0157. The Morgan fingerprint density at radius 2 is 2.26 bits per heavy atom. The number of hydrogen-bond donors (Lipinski definition) is 2. The zero-order chi connectivity index (χ0) is 14.3. The summed E-state index contributed by atoms with van der Waals surface area (Å²) in [5.41, 5.74) is 6.57. The Balaban J connectivity index is 2.71. The molecule has 1 aromatic carbocycles. The van der Waals surface area contributed by atoms with Crippen molar-refractivity contribution in [1.82, 2.24) is 0 Å². The largest absolute Gasteiger partial charge is 0.369 e. The quantitative estimate of drug-likeness (QED) is 0.830. The molecule has 0 heterocycles. The first-order chi connectivity index (χ1) is 9.02. The van der Waals surface area contributed by atoms with Crippen molar-refractivity contribution in [1.29, 1.82) is 0 Å². The molecule has 0 aliphatic rings. The van der Waals surface area contributed by atoms with Gasteiger partial charge in [-0.1, -0.05) is 23.4 Å². The van der Waals surface area contributed by atoms with E-state index in [4.69, 9.17) is 22.1 Å². The number of carbonyl (C=O) groups excluding carboxylic acids is 1. The number of halogens is 1. The summed E-state index contributed by atoms with van der Waals surface area (Å²) in [6, 6.07) is 5.10. The van der Waals surface area contributed by atoms with Gasteiger partial charge in [-0.25, -0.2) is 0 Å². The van der Waals surface area contributed by atoms with Crippen LogP contribution in [-0.4, -0.2) is 25.2 Å². The summed E-state index contributed by atoms with van der Waals surface area (Å²) < 4.78 is 5.21. The Bertz CT molecular complexity index is 504. The lowest BCUT2D eigenvalue weighted by Gasteiger charge is -2.09. The second-order valence-electron chi connectivity index (χ2n) is 4.11. The lowest BCUT2D eigenvalue weighted by molar-refractivity contribution is -0.121. The third-order valence-electron chi connectivity index (χ3n) is 2.12. The number of nitrogens with one attached hydrogen (secondary N) is 1. The van der Waals surface area contributed by atoms with Gasteiger partial charge in [-0.15, -0.1) is 0 Å². The van der Waals surface area contributed by atoms with Gasteiger partial charge in [-0.2, -0.15) is 0 Å². The lowest BCUT2D eigenvalue weighted by Crippen LogP contribution is -2.20. The smallest absolute Gasteiger partial charge is 0.250 e. The first-order valence-electron chi connectivity index (χ1n) is 5.93. The van der Waals surface area contributed by atoms with E-state index in [1.165, 1.54) is 0 Å². The molecule has 102 valence electrons. The third-order valence-corrected chi connectivity index (χ3v) is 2.45. The molecule has 0 atom stereocenters. The fourth-order valence-corrected chi connectivity index (χ4v) is 1.45. The Kier molecular flexibility index (Phi) is 6.37. The Morgan fingerprint density at radius 3 is 2.89 bits per heavy atom. The first kappa shape index (κ1) is 15.5. The SMILES string of the molecule is CC(C)OCC(=O)Nc1ccc(Cl)c(C#CCN)c1. The summed E-state index contributed by atoms with van der Waals surface area (Å²) in [7, 11) is 0. The highest BCUT2D eigenvalue weighted by atomic mass is 35.5. The molecule has 19 heavy (non-hydrogen) atoms. The summed E-state index contributed by atoms with van der Waals surface area (Å²) >= 11 is 5.99. The fourth-order valence-electron chi connectivity index (χ4n) is 1.28. The Morgan fingerprint density at radius 1 is 1.53 bits per heavy atom. The Labute approximate surface area is 118 Å². The van der Waals surface area contributed by atoms with E-state index in [2.05, 4.69) is 17.2 Å².